The lowest BCUT2D eigenvalue weighted by Gasteiger charge is -2.35. The van der Waals surface area contributed by atoms with Gasteiger partial charge in [-0.3, -0.25) is 0 Å². The summed E-state index contributed by atoms with van der Waals surface area (Å²) >= 11 is 0. The molecule has 1 aromatic carbocycles. The Morgan fingerprint density at radius 2 is 1.88 bits per heavy atom. The highest BCUT2D eigenvalue weighted by molar-refractivity contribution is 5.95. The summed E-state index contributed by atoms with van der Waals surface area (Å²) in [6.45, 7) is -1.04. The Labute approximate surface area is 178 Å². The fourth-order valence-electron chi connectivity index (χ4n) is 4.06. The monoisotopic (exact) mass is 462 g/mol. The van der Waals surface area contributed by atoms with Crippen LogP contribution in [0.25, 0.3) is 16.6 Å². The number of halogens is 6. The second-order valence-corrected chi connectivity index (χ2v) is 7.77. The van der Waals surface area contributed by atoms with Gasteiger partial charge in [0.05, 0.1) is 7.11 Å². The first-order valence-corrected chi connectivity index (χ1v) is 9.83. The van der Waals surface area contributed by atoms with Crippen LogP contribution in [0.2, 0.25) is 0 Å². The molecule has 0 spiro atoms. The number of nitrogens with two attached hydrogens (primary N) is 1. The van der Waals surface area contributed by atoms with E-state index < -0.39 is 30.7 Å². The molecule has 0 radical (unpaired) electrons. The summed E-state index contributed by atoms with van der Waals surface area (Å²) < 4.78 is 84.5. The van der Waals surface area contributed by atoms with E-state index in [4.69, 9.17) is 10.5 Å². The minimum absolute atomic E-state index is 0.0197. The van der Waals surface area contributed by atoms with Crippen molar-refractivity contribution in [3.63, 3.8) is 0 Å². The minimum Gasteiger partial charge on any atom is -0.494 e. The maximum absolute atomic E-state index is 13.0. The summed E-state index contributed by atoms with van der Waals surface area (Å²) in [5.74, 6) is -3.02. The van der Waals surface area contributed by atoms with Crippen molar-refractivity contribution in [2.75, 3.05) is 32.5 Å². The van der Waals surface area contributed by atoms with Gasteiger partial charge in [-0.1, -0.05) is 6.07 Å². The number of ether oxygens (including phenoxy) is 1. The van der Waals surface area contributed by atoms with E-state index in [0.717, 1.165) is 0 Å². The summed E-state index contributed by atoms with van der Waals surface area (Å²) in [7, 11) is 1.48. The van der Waals surface area contributed by atoms with Crippen molar-refractivity contribution in [1.29, 1.82) is 0 Å². The molecule has 13 heteroatoms. The zero-order chi connectivity index (χ0) is 23.3. The number of hydrogen-bond acceptors (Lipinski definition) is 6. The highest BCUT2D eigenvalue weighted by atomic mass is 19.4. The van der Waals surface area contributed by atoms with Crippen LogP contribution in [0.3, 0.4) is 0 Å². The molecule has 32 heavy (non-hydrogen) atoms. The van der Waals surface area contributed by atoms with E-state index >= 15 is 0 Å². The van der Waals surface area contributed by atoms with Crippen molar-refractivity contribution in [3.8, 4) is 5.75 Å². The van der Waals surface area contributed by atoms with Crippen LogP contribution in [0.4, 0.5) is 32.3 Å². The summed E-state index contributed by atoms with van der Waals surface area (Å²) in [5.41, 5.74) is 6.88. The predicted octanol–water partition coefficient (Wildman–Crippen LogP) is 3.79. The van der Waals surface area contributed by atoms with Crippen LogP contribution in [-0.4, -0.2) is 63.6 Å². The number of aromatic nitrogens is 4. The minimum atomic E-state index is -5.37. The molecule has 1 aliphatic rings. The summed E-state index contributed by atoms with van der Waals surface area (Å²) in [6.07, 6.45) is -9.79. The van der Waals surface area contributed by atoms with Crippen molar-refractivity contribution in [1.82, 2.24) is 24.5 Å². The molecule has 1 atom stereocenters. The number of hydrogen-bond donors (Lipinski definition) is 1. The molecule has 0 amide bonds. The van der Waals surface area contributed by atoms with Crippen LogP contribution in [-0.2, 0) is 0 Å². The zero-order valence-corrected chi connectivity index (χ0v) is 16.9. The van der Waals surface area contributed by atoms with Gasteiger partial charge >= 0.3 is 12.4 Å². The normalized spacial score (nSPS) is 18.7. The van der Waals surface area contributed by atoms with Crippen molar-refractivity contribution < 1.29 is 31.1 Å². The zero-order valence-electron chi connectivity index (χ0n) is 16.9. The van der Waals surface area contributed by atoms with Crippen LogP contribution >= 0.6 is 0 Å². The Balaban J connectivity index is 1.64. The van der Waals surface area contributed by atoms with Gasteiger partial charge in [-0.25, -0.2) is 9.97 Å². The molecule has 3 aromatic rings. The molecule has 1 aliphatic heterocycles. The standard InChI is InChI=1S/C19H20F6N6O/c1-32-12-6-2-5-11-14(12)27-17(26)31-16(11)28-15(29-31)10-4-3-7-30(8-10)9-13(18(20,21)22)19(23,24)25/h2,5-6,10,13H,3-4,7-9H2,1H3,(H2,26,27)/t10-/m1/s1. The fourth-order valence-corrected chi connectivity index (χ4v) is 4.06. The second-order valence-electron chi connectivity index (χ2n) is 7.77. The van der Waals surface area contributed by atoms with Gasteiger partial charge in [0, 0.05) is 24.4 Å². The Bertz CT molecular complexity index is 1110. The van der Waals surface area contributed by atoms with Crippen molar-refractivity contribution in [2.24, 2.45) is 5.92 Å². The van der Waals surface area contributed by atoms with E-state index in [1.54, 1.807) is 18.2 Å². The lowest BCUT2D eigenvalue weighted by Crippen LogP contribution is -2.47. The van der Waals surface area contributed by atoms with Gasteiger partial charge < -0.3 is 15.4 Å². The molecule has 0 bridgehead atoms. The third-order valence-corrected chi connectivity index (χ3v) is 5.63. The third kappa shape index (κ3) is 4.12. The largest absolute Gasteiger partial charge is 0.494 e. The first-order chi connectivity index (χ1) is 15.0. The SMILES string of the molecule is COc1cccc2c1nc(N)n1nc([C@@H]3CCCN(CC(C(F)(F)F)C(F)(F)F)C3)nc21. The third-order valence-electron chi connectivity index (χ3n) is 5.63. The van der Waals surface area contributed by atoms with Gasteiger partial charge in [0.15, 0.2) is 17.4 Å². The van der Waals surface area contributed by atoms with E-state index in [1.807, 2.05) is 0 Å². The number of nitrogens with zero attached hydrogens (tertiary/aromatic N) is 5. The van der Waals surface area contributed by atoms with Crippen molar-refractivity contribution in [2.45, 2.75) is 31.1 Å². The predicted molar refractivity (Wildman–Crippen MR) is 103 cm³/mol. The molecule has 0 aliphatic carbocycles. The Hall–Kier alpha value is -2.83. The van der Waals surface area contributed by atoms with Gasteiger partial charge in [-0.2, -0.15) is 30.9 Å². The smallest absolute Gasteiger partial charge is 0.401 e. The quantitative estimate of drug-likeness (QED) is 0.595. The second kappa shape index (κ2) is 7.94. The number of benzene rings is 1. The van der Waals surface area contributed by atoms with Gasteiger partial charge in [-0.05, 0) is 31.5 Å². The number of alkyl halides is 6. The summed E-state index contributed by atoms with van der Waals surface area (Å²) in [6, 6.07) is 5.20. The van der Waals surface area contributed by atoms with Crippen molar-refractivity contribution in [3.05, 3.63) is 24.0 Å². The maximum Gasteiger partial charge on any atom is 0.401 e. The molecular weight excluding hydrogens is 442 g/mol. The lowest BCUT2D eigenvalue weighted by atomic mass is 9.96. The number of para-hydroxylation sites is 1. The lowest BCUT2D eigenvalue weighted by molar-refractivity contribution is -0.287. The van der Waals surface area contributed by atoms with Gasteiger partial charge in [0.1, 0.15) is 11.3 Å². The Kier molecular flexibility index (Phi) is 5.55. The first kappa shape index (κ1) is 22.4. The highest BCUT2D eigenvalue weighted by Gasteiger charge is 2.57. The van der Waals surface area contributed by atoms with Crippen LogP contribution in [0.5, 0.6) is 5.75 Å². The number of nitrogen functional groups attached to an aromatic ring is 1. The van der Waals surface area contributed by atoms with E-state index in [0.29, 0.717) is 41.0 Å². The number of anilines is 1. The highest BCUT2D eigenvalue weighted by Crippen LogP contribution is 2.40. The molecule has 0 unspecified atom stereocenters. The van der Waals surface area contributed by atoms with Crippen LogP contribution in [0.15, 0.2) is 18.2 Å². The van der Waals surface area contributed by atoms with E-state index in [9.17, 15) is 26.3 Å². The molecule has 4 rings (SSSR count). The number of rotatable bonds is 4. The molecule has 1 saturated heterocycles. The van der Waals surface area contributed by atoms with Crippen LogP contribution in [0, 0.1) is 5.92 Å². The molecule has 2 aromatic heterocycles. The van der Waals surface area contributed by atoms with E-state index in [-0.39, 0.29) is 19.0 Å². The maximum atomic E-state index is 13.0. The summed E-state index contributed by atoms with van der Waals surface area (Å²) in [5, 5.41) is 4.97. The van der Waals surface area contributed by atoms with Crippen LogP contribution in [0.1, 0.15) is 24.6 Å². The van der Waals surface area contributed by atoms with Gasteiger partial charge in [0.25, 0.3) is 0 Å². The van der Waals surface area contributed by atoms with Gasteiger partial charge in [0.2, 0.25) is 5.95 Å². The molecule has 1 fully saturated rings. The number of likely N-dealkylation sites (tertiary alicyclic amines) is 1. The molecule has 174 valence electrons. The number of fused-ring (bicyclic) bond motifs is 3. The molecule has 3 heterocycles. The Morgan fingerprint density at radius 3 is 2.53 bits per heavy atom. The number of methoxy groups -OCH3 is 1. The molecule has 0 saturated carbocycles. The summed E-state index contributed by atoms with van der Waals surface area (Å²) in [4.78, 5) is 9.99. The first-order valence-electron chi connectivity index (χ1n) is 9.83. The van der Waals surface area contributed by atoms with E-state index in [2.05, 4.69) is 15.1 Å². The fraction of sp³-hybridized carbons (Fsp3) is 0.526. The average Bonchev–Trinajstić information content (AvgIpc) is 3.17. The van der Waals surface area contributed by atoms with Crippen LogP contribution < -0.4 is 10.5 Å². The molecule has 2 N–H and O–H groups in total. The molecule has 7 nitrogen and oxygen atoms in total. The Morgan fingerprint density at radius 1 is 1.16 bits per heavy atom. The molecular formula is C19H20F6N6O. The van der Waals surface area contributed by atoms with Crippen molar-refractivity contribution >= 4 is 22.5 Å². The average molecular weight is 462 g/mol. The topological polar surface area (TPSA) is 81.6 Å². The van der Waals surface area contributed by atoms with Gasteiger partial charge in [-0.15, -0.1) is 5.10 Å². The number of piperidine rings is 1. The van der Waals surface area contributed by atoms with E-state index in [1.165, 1.54) is 16.5 Å².